The van der Waals surface area contributed by atoms with E-state index in [0.29, 0.717) is 17.6 Å². The molecule has 0 heterocycles. The minimum absolute atomic E-state index is 0.0628. The Balaban J connectivity index is 2.65. The van der Waals surface area contributed by atoms with Crippen molar-refractivity contribution in [3.8, 4) is 16.9 Å². The monoisotopic (exact) mass is 262 g/mol. The molecule has 0 saturated carbocycles. The van der Waals surface area contributed by atoms with Crippen LogP contribution < -0.4 is 4.74 Å². The summed E-state index contributed by atoms with van der Waals surface area (Å²) in [7, 11) is 1.47. The van der Waals surface area contributed by atoms with Crippen molar-refractivity contribution in [2.45, 2.75) is 6.92 Å². The van der Waals surface area contributed by atoms with Crippen LogP contribution in [0, 0.1) is 18.6 Å². The maximum absolute atomic E-state index is 13.9. The molecule has 4 heteroatoms. The van der Waals surface area contributed by atoms with E-state index in [9.17, 15) is 13.6 Å². The van der Waals surface area contributed by atoms with Crippen LogP contribution in [0.2, 0.25) is 0 Å². The second-order valence-corrected chi connectivity index (χ2v) is 4.13. The predicted octanol–water partition coefficient (Wildman–Crippen LogP) is 3.76. The average Bonchev–Trinajstić information content (AvgIpc) is 2.44. The van der Waals surface area contributed by atoms with E-state index >= 15 is 0 Å². The first-order valence-corrected chi connectivity index (χ1v) is 5.66. The molecule has 0 aliphatic carbocycles. The number of halogens is 2. The number of hydrogen-bond donors (Lipinski definition) is 0. The molecule has 0 amide bonds. The van der Waals surface area contributed by atoms with Crippen LogP contribution in [0.5, 0.6) is 5.75 Å². The third-order valence-electron chi connectivity index (χ3n) is 2.95. The highest BCUT2D eigenvalue weighted by Gasteiger charge is 2.15. The van der Waals surface area contributed by atoms with Gasteiger partial charge in [0.1, 0.15) is 5.75 Å². The molecule has 0 N–H and O–H groups in total. The predicted molar refractivity (Wildman–Crippen MR) is 68.5 cm³/mol. The molecule has 0 atom stereocenters. The third-order valence-corrected chi connectivity index (χ3v) is 2.95. The Morgan fingerprint density at radius 2 is 1.74 bits per heavy atom. The Hall–Kier alpha value is -2.23. The average molecular weight is 262 g/mol. The Kier molecular flexibility index (Phi) is 3.60. The molecule has 0 radical (unpaired) electrons. The maximum Gasteiger partial charge on any atom is 0.166 e. The van der Waals surface area contributed by atoms with Crippen molar-refractivity contribution in [3.05, 3.63) is 53.1 Å². The number of ether oxygens (including phenoxy) is 1. The minimum Gasteiger partial charge on any atom is -0.497 e. The van der Waals surface area contributed by atoms with Crippen molar-refractivity contribution in [1.82, 2.24) is 0 Å². The van der Waals surface area contributed by atoms with Crippen molar-refractivity contribution in [1.29, 1.82) is 0 Å². The molecule has 0 saturated heterocycles. The Labute approximate surface area is 109 Å². The van der Waals surface area contributed by atoms with Crippen molar-refractivity contribution < 1.29 is 18.3 Å². The molecule has 2 aromatic rings. The fourth-order valence-corrected chi connectivity index (χ4v) is 1.86. The van der Waals surface area contributed by atoms with Crippen molar-refractivity contribution >= 4 is 6.29 Å². The van der Waals surface area contributed by atoms with Gasteiger partial charge in [-0.25, -0.2) is 8.78 Å². The molecule has 0 unspecified atom stereocenters. The summed E-state index contributed by atoms with van der Waals surface area (Å²) in [5, 5.41) is 0. The largest absolute Gasteiger partial charge is 0.497 e. The summed E-state index contributed by atoms with van der Waals surface area (Å²) in [5.41, 5.74) is 0.879. The first-order valence-electron chi connectivity index (χ1n) is 5.66. The van der Waals surface area contributed by atoms with E-state index < -0.39 is 11.6 Å². The number of benzene rings is 2. The van der Waals surface area contributed by atoms with E-state index in [1.165, 1.54) is 38.3 Å². The lowest BCUT2D eigenvalue weighted by Crippen LogP contribution is -1.96. The molecular weight excluding hydrogens is 250 g/mol. The summed E-state index contributed by atoms with van der Waals surface area (Å²) in [4.78, 5) is 11.1. The smallest absolute Gasteiger partial charge is 0.166 e. The quantitative estimate of drug-likeness (QED) is 0.787. The molecule has 98 valence electrons. The van der Waals surface area contributed by atoms with Gasteiger partial charge in [0.2, 0.25) is 0 Å². The van der Waals surface area contributed by atoms with Crippen molar-refractivity contribution in [3.63, 3.8) is 0 Å². The van der Waals surface area contributed by atoms with Crippen LogP contribution in [0.4, 0.5) is 8.78 Å². The van der Waals surface area contributed by atoms with Crippen LogP contribution in [-0.4, -0.2) is 13.4 Å². The number of methoxy groups -OCH3 is 1. The molecule has 0 fully saturated rings. The van der Waals surface area contributed by atoms with Gasteiger partial charge in [0.25, 0.3) is 0 Å². The second-order valence-electron chi connectivity index (χ2n) is 4.13. The lowest BCUT2D eigenvalue weighted by molar-refractivity contribution is 0.112. The summed E-state index contributed by atoms with van der Waals surface area (Å²) in [6, 6.07) is 7.56. The van der Waals surface area contributed by atoms with Gasteiger partial charge in [-0.15, -0.1) is 0 Å². The number of carbonyl (C=O) groups excluding carboxylic acids is 1. The van der Waals surface area contributed by atoms with E-state index in [1.807, 2.05) is 0 Å². The Morgan fingerprint density at radius 1 is 1.05 bits per heavy atom. The fourth-order valence-electron chi connectivity index (χ4n) is 1.86. The van der Waals surface area contributed by atoms with Crippen LogP contribution in [0.1, 0.15) is 15.9 Å². The summed E-state index contributed by atoms with van der Waals surface area (Å²) >= 11 is 0. The van der Waals surface area contributed by atoms with Gasteiger partial charge in [-0.3, -0.25) is 4.79 Å². The topological polar surface area (TPSA) is 26.3 Å². The zero-order valence-corrected chi connectivity index (χ0v) is 10.5. The molecule has 0 aliphatic rings. The molecular formula is C15H12F2O2. The van der Waals surface area contributed by atoms with E-state index in [4.69, 9.17) is 4.74 Å². The second kappa shape index (κ2) is 5.18. The summed E-state index contributed by atoms with van der Waals surface area (Å²) < 4.78 is 32.5. The fraction of sp³-hybridized carbons (Fsp3) is 0.133. The zero-order chi connectivity index (χ0) is 14.0. The van der Waals surface area contributed by atoms with E-state index in [2.05, 4.69) is 0 Å². The summed E-state index contributed by atoms with van der Waals surface area (Å²) in [6.07, 6.45) is 0.592. The summed E-state index contributed by atoms with van der Waals surface area (Å²) in [6.45, 7) is 1.48. The van der Waals surface area contributed by atoms with Gasteiger partial charge in [-0.1, -0.05) is 12.1 Å². The molecule has 0 aromatic heterocycles. The number of carbonyl (C=O) groups is 1. The van der Waals surface area contributed by atoms with Crippen molar-refractivity contribution in [2.75, 3.05) is 7.11 Å². The van der Waals surface area contributed by atoms with Gasteiger partial charge in [0.15, 0.2) is 17.9 Å². The van der Waals surface area contributed by atoms with Gasteiger partial charge < -0.3 is 4.74 Å². The van der Waals surface area contributed by atoms with Crippen LogP contribution >= 0.6 is 0 Å². The molecule has 2 nitrogen and oxygen atoms in total. The van der Waals surface area contributed by atoms with Crippen LogP contribution in [0.3, 0.4) is 0 Å². The van der Waals surface area contributed by atoms with E-state index in [1.54, 1.807) is 6.07 Å². The lowest BCUT2D eigenvalue weighted by Gasteiger charge is -2.10. The normalized spacial score (nSPS) is 10.3. The first kappa shape index (κ1) is 13.2. The Morgan fingerprint density at radius 3 is 2.37 bits per heavy atom. The Bertz CT molecular complexity index is 636. The van der Waals surface area contributed by atoms with Gasteiger partial charge in [0, 0.05) is 11.1 Å². The van der Waals surface area contributed by atoms with Gasteiger partial charge >= 0.3 is 0 Å². The number of hydrogen-bond acceptors (Lipinski definition) is 2. The van der Waals surface area contributed by atoms with Crippen LogP contribution in [-0.2, 0) is 0 Å². The number of aryl methyl sites for hydroxylation is 1. The SMILES string of the molecule is COc1ccc(-c2ccc(C)c(F)c2F)c(C=O)c1. The summed E-state index contributed by atoms with van der Waals surface area (Å²) in [5.74, 6) is -1.36. The molecule has 2 rings (SSSR count). The third kappa shape index (κ3) is 2.34. The van der Waals surface area contributed by atoms with Crippen LogP contribution in [0.15, 0.2) is 30.3 Å². The maximum atomic E-state index is 13.9. The molecule has 0 aliphatic heterocycles. The molecule has 0 spiro atoms. The van der Waals surface area contributed by atoms with E-state index in [-0.39, 0.29) is 16.7 Å². The highest BCUT2D eigenvalue weighted by Crippen LogP contribution is 2.30. The van der Waals surface area contributed by atoms with Crippen LogP contribution in [0.25, 0.3) is 11.1 Å². The van der Waals surface area contributed by atoms with Crippen molar-refractivity contribution in [2.24, 2.45) is 0 Å². The number of aldehydes is 1. The first-order chi connectivity index (χ1) is 9.08. The van der Waals surface area contributed by atoms with Gasteiger partial charge in [-0.05, 0) is 36.2 Å². The molecule has 19 heavy (non-hydrogen) atoms. The minimum atomic E-state index is -0.951. The number of rotatable bonds is 3. The highest BCUT2D eigenvalue weighted by atomic mass is 19.2. The molecule has 0 bridgehead atoms. The van der Waals surface area contributed by atoms with E-state index in [0.717, 1.165) is 0 Å². The lowest BCUT2D eigenvalue weighted by atomic mass is 9.98. The van der Waals surface area contributed by atoms with Gasteiger partial charge in [0.05, 0.1) is 7.11 Å². The standard InChI is InChI=1S/C15H12F2O2/c1-9-3-5-13(15(17)14(9)16)12-6-4-11(19-2)7-10(12)8-18/h3-8H,1-2H3. The highest BCUT2D eigenvalue weighted by molar-refractivity contribution is 5.88. The zero-order valence-electron chi connectivity index (χ0n) is 10.5. The molecule has 2 aromatic carbocycles. The van der Waals surface area contributed by atoms with Gasteiger partial charge in [-0.2, -0.15) is 0 Å².